The summed E-state index contributed by atoms with van der Waals surface area (Å²) in [6.07, 6.45) is 1.33. The predicted octanol–water partition coefficient (Wildman–Crippen LogP) is 3.62. The van der Waals surface area contributed by atoms with Crippen LogP contribution >= 0.6 is 0 Å². The van der Waals surface area contributed by atoms with Gasteiger partial charge in [0.25, 0.3) is 17.5 Å². The maximum Gasteiger partial charge on any atom is 0.282 e. The Morgan fingerprint density at radius 3 is 2.62 bits per heavy atom. The monoisotopic (exact) mass is 389 g/mol. The van der Waals surface area contributed by atoms with Gasteiger partial charge in [-0.2, -0.15) is 0 Å². The molecule has 1 aromatic heterocycles. The van der Waals surface area contributed by atoms with Crippen LogP contribution in [0.15, 0.2) is 70.7 Å². The van der Waals surface area contributed by atoms with Gasteiger partial charge in [0.15, 0.2) is 0 Å². The SMILES string of the molecule is Cc1cccc(N2NC(=O)C(=Cc3ccc(-c4ccccc4[N+](=O)[O-])o3)C2=O)c1. The highest BCUT2D eigenvalue weighted by molar-refractivity contribution is 6.31. The molecule has 0 unspecified atom stereocenters. The first-order valence-corrected chi connectivity index (χ1v) is 8.71. The Labute approximate surface area is 165 Å². The number of hydrazine groups is 1. The van der Waals surface area contributed by atoms with Crippen molar-refractivity contribution in [1.82, 2.24) is 5.43 Å². The molecule has 0 saturated carbocycles. The largest absolute Gasteiger partial charge is 0.456 e. The lowest BCUT2D eigenvalue weighted by Crippen LogP contribution is -2.35. The van der Waals surface area contributed by atoms with Gasteiger partial charge in [0, 0.05) is 6.07 Å². The Morgan fingerprint density at radius 2 is 1.86 bits per heavy atom. The average molecular weight is 389 g/mol. The Bertz CT molecular complexity index is 1180. The normalized spacial score (nSPS) is 15.1. The summed E-state index contributed by atoms with van der Waals surface area (Å²) in [6, 6.07) is 16.5. The minimum atomic E-state index is -0.555. The van der Waals surface area contributed by atoms with Crippen LogP contribution in [0, 0.1) is 17.0 Å². The molecule has 1 saturated heterocycles. The topological polar surface area (TPSA) is 106 Å². The van der Waals surface area contributed by atoms with Crippen molar-refractivity contribution in [1.29, 1.82) is 0 Å². The quantitative estimate of drug-likeness (QED) is 0.317. The second-order valence-electron chi connectivity index (χ2n) is 6.45. The predicted molar refractivity (Wildman–Crippen MR) is 106 cm³/mol. The van der Waals surface area contributed by atoms with Crippen LogP contribution in [0.5, 0.6) is 0 Å². The third-order valence-corrected chi connectivity index (χ3v) is 4.43. The summed E-state index contributed by atoms with van der Waals surface area (Å²) in [4.78, 5) is 35.7. The molecule has 0 bridgehead atoms. The van der Waals surface area contributed by atoms with Crippen molar-refractivity contribution < 1.29 is 18.9 Å². The second-order valence-corrected chi connectivity index (χ2v) is 6.45. The van der Waals surface area contributed by atoms with Crippen LogP contribution in [0.4, 0.5) is 11.4 Å². The summed E-state index contributed by atoms with van der Waals surface area (Å²) in [5, 5.41) is 12.4. The molecule has 2 heterocycles. The number of benzene rings is 2. The van der Waals surface area contributed by atoms with Crippen LogP contribution < -0.4 is 10.4 Å². The van der Waals surface area contributed by atoms with E-state index in [1.54, 1.807) is 48.5 Å². The van der Waals surface area contributed by atoms with E-state index in [4.69, 9.17) is 4.42 Å². The fourth-order valence-corrected chi connectivity index (χ4v) is 3.06. The number of nitro benzene ring substituents is 1. The smallest absolute Gasteiger partial charge is 0.282 e. The lowest BCUT2D eigenvalue weighted by Gasteiger charge is -2.14. The molecule has 1 fully saturated rings. The van der Waals surface area contributed by atoms with E-state index in [2.05, 4.69) is 5.43 Å². The fraction of sp³-hybridized carbons (Fsp3) is 0.0476. The van der Waals surface area contributed by atoms with Crippen LogP contribution in [0.25, 0.3) is 17.4 Å². The van der Waals surface area contributed by atoms with E-state index in [1.165, 1.54) is 17.2 Å². The minimum absolute atomic E-state index is 0.0880. The van der Waals surface area contributed by atoms with Crippen molar-refractivity contribution in [3.8, 4) is 11.3 Å². The highest BCUT2D eigenvalue weighted by Gasteiger charge is 2.34. The number of amides is 2. The van der Waals surface area contributed by atoms with Crippen LogP contribution in [0.3, 0.4) is 0 Å². The average Bonchev–Trinajstić information content (AvgIpc) is 3.28. The number of anilines is 1. The number of hydrogen-bond donors (Lipinski definition) is 1. The van der Waals surface area contributed by atoms with Gasteiger partial charge in [-0.1, -0.05) is 24.3 Å². The zero-order valence-electron chi connectivity index (χ0n) is 15.3. The zero-order chi connectivity index (χ0) is 20.5. The molecule has 29 heavy (non-hydrogen) atoms. The molecule has 1 N–H and O–H groups in total. The van der Waals surface area contributed by atoms with E-state index in [1.807, 2.05) is 13.0 Å². The molecule has 1 aliphatic rings. The number of nitro groups is 1. The molecular formula is C21H15N3O5. The van der Waals surface area contributed by atoms with E-state index in [0.29, 0.717) is 11.3 Å². The van der Waals surface area contributed by atoms with Gasteiger partial charge in [-0.3, -0.25) is 25.1 Å². The third-order valence-electron chi connectivity index (χ3n) is 4.43. The Hall–Kier alpha value is -4.20. The van der Waals surface area contributed by atoms with Gasteiger partial charge in [-0.25, -0.2) is 5.01 Å². The lowest BCUT2D eigenvalue weighted by molar-refractivity contribution is -0.384. The van der Waals surface area contributed by atoms with Gasteiger partial charge in [-0.05, 0) is 48.9 Å². The molecule has 0 atom stereocenters. The lowest BCUT2D eigenvalue weighted by atomic mass is 10.1. The number of hydrogen-bond acceptors (Lipinski definition) is 5. The third kappa shape index (κ3) is 3.39. The Balaban J connectivity index is 1.65. The molecule has 0 radical (unpaired) electrons. The van der Waals surface area contributed by atoms with Gasteiger partial charge in [-0.15, -0.1) is 0 Å². The molecule has 4 rings (SSSR count). The van der Waals surface area contributed by atoms with E-state index in [-0.39, 0.29) is 22.8 Å². The molecule has 3 aromatic rings. The summed E-state index contributed by atoms with van der Waals surface area (Å²) in [5.41, 5.74) is 4.15. The first kappa shape index (κ1) is 18.2. The van der Waals surface area contributed by atoms with Crippen LogP contribution in [0.1, 0.15) is 11.3 Å². The molecule has 0 spiro atoms. The number of nitrogens with one attached hydrogen (secondary N) is 1. The maximum absolute atomic E-state index is 12.7. The standard InChI is InChI=1S/C21H15N3O5/c1-13-5-4-6-14(11-13)23-21(26)17(20(25)22-23)12-15-9-10-19(29-15)16-7-2-3-8-18(16)24(27)28/h2-12H,1H3,(H,22,25). The van der Waals surface area contributed by atoms with Gasteiger partial charge >= 0.3 is 0 Å². The number of aryl methyl sites for hydroxylation is 1. The van der Waals surface area contributed by atoms with Crippen molar-refractivity contribution in [2.45, 2.75) is 6.92 Å². The number of carbonyl (C=O) groups is 2. The second kappa shape index (κ2) is 7.08. The fourth-order valence-electron chi connectivity index (χ4n) is 3.06. The highest BCUT2D eigenvalue weighted by Crippen LogP contribution is 2.32. The Morgan fingerprint density at radius 1 is 1.07 bits per heavy atom. The van der Waals surface area contributed by atoms with Crippen molar-refractivity contribution >= 4 is 29.3 Å². The molecule has 0 aliphatic carbocycles. The molecule has 144 valence electrons. The summed E-state index contributed by atoms with van der Waals surface area (Å²) >= 11 is 0. The van der Waals surface area contributed by atoms with Crippen molar-refractivity contribution in [3.63, 3.8) is 0 Å². The number of nitrogens with zero attached hydrogens (tertiary/aromatic N) is 2. The van der Waals surface area contributed by atoms with E-state index in [9.17, 15) is 19.7 Å². The van der Waals surface area contributed by atoms with Gasteiger partial charge in [0.1, 0.15) is 17.1 Å². The van der Waals surface area contributed by atoms with Gasteiger partial charge in [0.2, 0.25) is 0 Å². The molecule has 1 aliphatic heterocycles. The summed E-state index contributed by atoms with van der Waals surface area (Å²) in [6.45, 7) is 1.88. The van der Waals surface area contributed by atoms with Crippen molar-refractivity contribution in [2.24, 2.45) is 0 Å². The summed E-state index contributed by atoms with van der Waals surface area (Å²) < 4.78 is 5.65. The van der Waals surface area contributed by atoms with E-state index >= 15 is 0 Å². The first-order valence-electron chi connectivity index (χ1n) is 8.71. The first-order chi connectivity index (χ1) is 13.9. The number of carbonyl (C=O) groups excluding carboxylic acids is 2. The molecule has 2 aromatic carbocycles. The Kier molecular flexibility index (Phi) is 4.44. The molecule has 8 nitrogen and oxygen atoms in total. The van der Waals surface area contributed by atoms with Crippen LogP contribution in [-0.2, 0) is 9.59 Å². The number of rotatable bonds is 4. The van der Waals surface area contributed by atoms with Crippen LogP contribution in [0.2, 0.25) is 0 Å². The highest BCUT2D eigenvalue weighted by atomic mass is 16.6. The van der Waals surface area contributed by atoms with Crippen molar-refractivity contribution in [2.75, 3.05) is 5.01 Å². The zero-order valence-corrected chi connectivity index (χ0v) is 15.3. The summed E-state index contributed by atoms with van der Waals surface area (Å²) in [7, 11) is 0. The maximum atomic E-state index is 12.7. The molecular weight excluding hydrogens is 374 g/mol. The van der Waals surface area contributed by atoms with Gasteiger partial charge < -0.3 is 4.42 Å². The summed E-state index contributed by atoms with van der Waals surface area (Å²) in [5.74, 6) is -0.558. The van der Waals surface area contributed by atoms with Crippen LogP contribution in [-0.4, -0.2) is 16.7 Å². The number of para-hydroxylation sites is 1. The van der Waals surface area contributed by atoms with E-state index < -0.39 is 16.7 Å². The minimum Gasteiger partial charge on any atom is -0.456 e. The molecule has 8 heteroatoms. The number of furan rings is 1. The van der Waals surface area contributed by atoms with Crippen molar-refractivity contribution in [3.05, 3.63) is 87.7 Å². The molecule has 2 amide bonds. The van der Waals surface area contributed by atoms with Gasteiger partial charge in [0.05, 0.1) is 16.2 Å². The van der Waals surface area contributed by atoms with E-state index in [0.717, 1.165) is 5.56 Å².